The second-order valence-electron chi connectivity index (χ2n) is 9.06. The number of hydrogen-bond donors (Lipinski definition) is 0. The van der Waals surface area contributed by atoms with E-state index in [2.05, 4.69) is 43.5 Å². The lowest BCUT2D eigenvalue weighted by atomic mass is 9.96. The van der Waals surface area contributed by atoms with E-state index in [0.717, 1.165) is 19.2 Å². The first-order chi connectivity index (χ1) is 19.7. The van der Waals surface area contributed by atoms with Gasteiger partial charge in [-0.05, 0) is 105 Å². The molecule has 1 aliphatic heterocycles. The van der Waals surface area contributed by atoms with Crippen molar-refractivity contribution < 1.29 is 14.3 Å². The van der Waals surface area contributed by atoms with Crippen LogP contribution in [0.5, 0.6) is 5.75 Å². The van der Waals surface area contributed by atoms with Gasteiger partial charge in [0, 0.05) is 10.0 Å². The first-order valence-electron chi connectivity index (χ1n) is 12.5. The summed E-state index contributed by atoms with van der Waals surface area (Å²) in [5.74, 6) is 0.164. The molecule has 0 saturated carbocycles. The van der Waals surface area contributed by atoms with Crippen LogP contribution in [0.2, 0.25) is 10.0 Å². The highest BCUT2D eigenvalue weighted by atomic mass is 127. The number of hydrogen-bond acceptors (Lipinski definition) is 6. The van der Waals surface area contributed by atoms with Crippen molar-refractivity contribution in [1.29, 1.82) is 0 Å². The van der Waals surface area contributed by atoms with Crippen LogP contribution in [0.25, 0.3) is 6.08 Å². The third-order valence-corrected chi connectivity index (χ3v) is 9.26. The number of ether oxygens (including phenoxy) is 2. The van der Waals surface area contributed by atoms with Gasteiger partial charge in [-0.1, -0.05) is 64.9 Å². The average Bonchev–Trinajstić information content (AvgIpc) is 3.22. The molecule has 1 aliphatic rings. The molecule has 0 amide bonds. The van der Waals surface area contributed by atoms with Crippen LogP contribution in [-0.2, 0) is 16.1 Å². The molecule has 210 valence electrons. The zero-order valence-corrected chi connectivity index (χ0v) is 27.9. The van der Waals surface area contributed by atoms with E-state index in [4.69, 9.17) is 32.7 Å². The van der Waals surface area contributed by atoms with Gasteiger partial charge < -0.3 is 9.47 Å². The first-order valence-corrected chi connectivity index (χ1v) is 15.9. The van der Waals surface area contributed by atoms with E-state index in [1.54, 1.807) is 26.0 Å². The molecule has 0 bridgehead atoms. The molecule has 0 unspecified atom stereocenters. The molecule has 0 saturated heterocycles. The fourth-order valence-corrected chi connectivity index (χ4v) is 7.78. The summed E-state index contributed by atoms with van der Waals surface area (Å²) in [7, 11) is 0. The van der Waals surface area contributed by atoms with Crippen LogP contribution in [0.1, 0.15) is 36.6 Å². The molecule has 5 rings (SSSR count). The van der Waals surface area contributed by atoms with Crippen molar-refractivity contribution in [2.75, 3.05) is 6.61 Å². The molecule has 41 heavy (non-hydrogen) atoms. The number of carbonyl (C=O) groups is 1. The van der Waals surface area contributed by atoms with Gasteiger partial charge >= 0.3 is 5.97 Å². The standard InChI is InChI=1S/C30H22BrCl2IN2O4S/c1-3-39-29(38)25-16(2)35-30-36(26(25)20-9-4-5-10-22(20)33)28(37)24(41-30)14-18-12-21(31)27(23(34)13-18)40-15-17-7-6-8-19(32)11-17/h4-14,26H,3,15H2,1-2H3/b24-14-/t26-/m0/s1. The third-order valence-electron chi connectivity index (χ3n) is 6.31. The number of esters is 1. The molecule has 0 fully saturated rings. The van der Waals surface area contributed by atoms with Gasteiger partial charge in [-0.25, -0.2) is 9.79 Å². The summed E-state index contributed by atoms with van der Waals surface area (Å²) in [6, 6.07) is 17.8. The molecule has 6 nitrogen and oxygen atoms in total. The van der Waals surface area contributed by atoms with Crippen molar-refractivity contribution in [2.24, 2.45) is 4.99 Å². The van der Waals surface area contributed by atoms with E-state index < -0.39 is 12.0 Å². The molecule has 0 aliphatic carbocycles. The Morgan fingerprint density at radius 1 is 1.17 bits per heavy atom. The first kappa shape index (κ1) is 30.0. The average molecular weight is 784 g/mol. The number of allylic oxidation sites excluding steroid dienone is 1. The Bertz CT molecular complexity index is 1860. The van der Waals surface area contributed by atoms with Gasteiger partial charge in [0.05, 0.1) is 30.5 Å². The Labute approximate surface area is 272 Å². The van der Waals surface area contributed by atoms with Crippen LogP contribution < -0.4 is 19.6 Å². The fourth-order valence-electron chi connectivity index (χ4n) is 4.52. The summed E-state index contributed by atoms with van der Waals surface area (Å²) in [5, 5.41) is 1.09. The van der Waals surface area contributed by atoms with Crippen LogP contribution in [0.15, 0.2) is 86.2 Å². The molecule has 1 atom stereocenters. The second-order valence-corrected chi connectivity index (χ2v) is 12.9. The molecule has 11 heteroatoms. The van der Waals surface area contributed by atoms with E-state index in [9.17, 15) is 9.59 Å². The Kier molecular flexibility index (Phi) is 9.40. The number of fused-ring (bicyclic) bond motifs is 1. The number of rotatable bonds is 7. The third kappa shape index (κ3) is 6.34. The molecule has 2 heterocycles. The maximum atomic E-state index is 13.9. The molecule has 0 spiro atoms. The summed E-state index contributed by atoms with van der Waals surface area (Å²) < 4.78 is 15.0. The van der Waals surface area contributed by atoms with Crippen molar-refractivity contribution in [1.82, 2.24) is 4.57 Å². The number of aromatic nitrogens is 1. The number of benzene rings is 3. The predicted molar refractivity (Wildman–Crippen MR) is 174 cm³/mol. The van der Waals surface area contributed by atoms with Crippen molar-refractivity contribution in [3.05, 3.63) is 126 Å². The summed E-state index contributed by atoms with van der Waals surface area (Å²) in [6.45, 7) is 4.04. The maximum absolute atomic E-state index is 13.9. The lowest BCUT2D eigenvalue weighted by Crippen LogP contribution is -2.40. The van der Waals surface area contributed by atoms with Gasteiger partial charge in [0.1, 0.15) is 18.4 Å². The van der Waals surface area contributed by atoms with Crippen LogP contribution in [-0.4, -0.2) is 17.1 Å². The number of carbonyl (C=O) groups excluding carboxylic acids is 1. The van der Waals surface area contributed by atoms with Crippen molar-refractivity contribution in [3.8, 4) is 5.75 Å². The summed E-state index contributed by atoms with van der Waals surface area (Å²) in [4.78, 5) is 32.1. The Morgan fingerprint density at radius 3 is 2.66 bits per heavy atom. The molecule has 1 aromatic heterocycles. The van der Waals surface area contributed by atoms with Gasteiger partial charge in [0.15, 0.2) is 4.80 Å². The van der Waals surface area contributed by atoms with Crippen LogP contribution >= 0.6 is 73.1 Å². The van der Waals surface area contributed by atoms with E-state index in [-0.39, 0.29) is 17.7 Å². The second kappa shape index (κ2) is 12.8. The lowest BCUT2D eigenvalue weighted by Gasteiger charge is -2.25. The molecule has 0 radical (unpaired) electrons. The van der Waals surface area contributed by atoms with E-state index in [1.807, 2.05) is 54.6 Å². The minimum Gasteiger partial charge on any atom is -0.487 e. The molecular weight excluding hydrogens is 762 g/mol. The molecule has 3 aromatic carbocycles. The normalized spacial score (nSPS) is 15.0. The Hall–Kier alpha value is -2.44. The Morgan fingerprint density at radius 2 is 1.95 bits per heavy atom. The van der Waals surface area contributed by atoms with Crippen LogP contribution in [0.4, 0.5) is 0 Å². The van der Waals surface area contributed by atoms with Gasteiger partial charge in [0.2, 0.25) is 0 Å². The van der Waals surface area contributed by atoms with Crippen LogP contribution in [0.3, 0.4) is 0 Å². The number of halogens is 4. The highest BCUT2D eigenvalue weighted by Gasteiger charge is 2.34. The number of thiazole rings is 1. The van der Waals surface area contributed by atoms with Gasteiger partial charge in [0.25, 0.3) is 5.56 Å². The van der Waals surface area contributed by atoms with Crippen molar-refractivity contribution in [2.45, 2.75) is 26.5 Å². The summed E-state index contributed by atoms with van der Waals surface area (Å²) in [6.07, 6.45) is 1.81. The van der Waals surface area contributed by atoms with Crippen molar-refractivity contribution >= 4 is 85.1 Å². The molecule has 4 aromatic rings. The van der Waals surface area contributed by atoms with Crippen molar-refractivity contribution in [3.63, 3.8) is 0 Å². The highest BCUT2D eigenvalue weighted by molar-refractivity contribution is 14.1. The molecular formula is C30H22BrCl2IN2O4S. The van der Waals surface area contributed by atoms with Gasteiger partial charge in [-0.2, -0.15) is 0 Å². The van der Waals surface area contributed by atoms with E-state index in [0.29, 0.717) is 43.0 Å². The minimum atomic E-state index is -0.768. The zero-order valence-electron chi connectivity index (χ0n) is 21.8. The molecule has 0 N–H and O–H groups in total. The zero-order chi connectivity index (χ0) is 29.3. The predicted octanol–water partition coefficient (Wildman–Crippen LogP) is 7.05. The van der Waals surface area contributed by atoms with Gasteiger partial charge in [-0.15, -0.1) is 0 Å². The topological polar surface area (TPSA) is 69.9 Å². The summed E-state index contributed by atoms with van der Waals surface area (Å²) >= 11 is 19.8. The quantitative estimate of drug-likeness (QED) is 0.149. The SMILES string of the molecule is CCOC(=O)C1=C(C)N=c2s/c(=C\c3cc(Br)c(OCc4cccc(Cl)c4)c(I)c3)c(=O)n2[C@H]1c1ccccc1Cl. The Balaban J connectivity index is 1.56. The maximum Gasteiger partial charge on any atom is 0.338 e. The van der Waals surface area contributed by atoms with E-state index >= 15 is 0 Å². The number of nitrogens with zero attached hydrogens (tertiary/aromatic N) is 2. The van der Waals surface area contributed by atoms with Gasteiger partial charge in [-0.3, -0.25) is 9.36 Å². The lowest BCUT2D eigenvalue weighted by molar-refractivity contribution is -0.139. The fraction of sp³-hybridized carbons (Fsp3) is 0.167. The van der Waals surface area contributed by atoms with E-state index in [1.165, 1.54) is 15.9 Å². The van der Waals surface area contributed by atoms with Crippen LogP contribution in [0, 0.1) is 3.57 Å². The highest BCUT2D eigenvalue weighted by Crippen LogP contribution is 2.35. The largest absolute Gasteiger partial charge is 0.487 e. The minimum absolute atomic E-state index is 0.196. The monoisotopic (exact) mass is 782 g/mol. The smallest absolute Gasteiger partial charge is 0.338 e. The summed E-state index contributed by atoms with van der Waals surface area (Å²) in [5.41, 5.74) is 2.88.